The highest BCUT2D eigenvalue weighted by atomic mass is 79.9. The Morgan fingerprint density at radius 1 is 0.415 bits per heavy atom. The van der Waals surface area contributed by atoms with Gasteiger partial charge in [-0.1, -0.05) is 195 Å². The van der Waals surface area contributed by atoms with Gasteiger partial charge in [0, 0.05) is 66.2 Å². The summed E-state index contributed by atoms with van der Waals surface area (Å²) in [4.78, 5) is 164. The molecule has 0 saturated carbocycles. The van der Waals surface area contributed by atoms with E-state index in [1.807, 2.05) is 6.08 Å². The van der Waals surface area contributed by atoms with Crippen LogP contribution in [0.4, 0.5) is 0 Å². The first kappa shape index (κ1) is 103. The number of halogens is 14. The van der Waals surface area contributed by atoms with Crippen molar-refractivity contribution in [1.29, 1.82) is 0 Å². The number of nitrogens with zero attached hydrogens (tertiary/aromatic N) is 3. The minimum atomic E-state index is -1.51. The zero-order valence-electron chi connectivity index (χ0n) is 63.7. The van der Waals surface area contributed by atoms with Crippen molar-refractivity contribution < 1.29 is 135 Å². The predicted molar refractivity (Wildman–Crippen MR) is 434 cm³/mol. The lowest BCUT2D eigenvalue weighted by molar-refractivity contribution is -0.263. The van der Waals surface area contributed by atoms with Crippen LogP contribution in [0.25, 0.3) is 0 Å². The van der Waals surface area contributed by atoms with Gasteiger partial charge in [0.1, 0.15) is 85.8 Å². The molecule has 10 rings (SSSR count). The number of esters is 7. The minimum Gasteiger partial charge on any atom is -0.463 e. The molecule has 11 unspecified atom stereocenters. The fourth-order valence-electron chi connectivity index (χ4n) is 13.3. The molecule has 4 fully saturated rings. The molecule has 4 saturated heterocycles. The number of nitrogens with two attached hydrogens (primary N) is 1. The fraction of sp³-hybridized carbons (Fsp3) is 0.514. The zero-order chi connectivity index (χ0) is 88.6. The predicted octanol–water partition coefficient (Wildman–Crippen LogP) is 11.7. The van der Waals surface area contributed by atoms with Crippen LogP contribution < -0.4 is 5.73 Å². The van der Waals surface area contributed by atoms with Gasteiger partial charge in [-0.15, -0.1) is 25.6 Å². The molecule has 32 nitrogen and oxygen atoms in total. The van der Waals surface area contributed by atoms with E-state index in [4.69, 9.17) is 207 Å². The maximum Gasteiger partial charge on any atom is 0.305 e. The number of aliphatic hydroxyl groups is 4. The molecule has 7 heterocycles. The lowest BCUT2D eigenvalue weighted by atomic mass is 9.83. The van der Waals surface area contributed by atoms with E-state index in [1.165, 1.54) is 34.6 Å². The van der Waals surface area contributed by atoms with E-state index in [2.05, 4.69) is 36.0 Å². The second-order valence-electron chi connectivity index (χ2n) is 26.6. The van der Waals surface area contributed by atoms with Crippen LogP contribution in [0.2, 0.25) is 60.3 Å². The zero-order valence-corrected chi connectivity index (χ0v) is 75.2. The molecule has 0 spiro atoms. The Labute approximate surface area is 749 Å². The maximum absolute atomic E-state index is 13.5. The third-order valence-electron chi connectivity index (χ3n) is 18.6. The van der Waals surface area contributed by atoms with Crippen molar-refractivity contribution in [3.05, 3.63) is 119 Å². The molecule has 3 aromatic carbocycles. The number of hydrogen-bond acceptors (Lipinski definition) is 29. The Hall–Kier alpha value is -5.26. The van der Waals surface area contributed by atoms with Crippen molar-refractivity contribution in [2.75, 3.05) is 26.4 Å². The Balaban J connectivity index is 0.000000287. The lowest BCUT2D eigenvalue weighted by Gasteiger charge is -2.47. The standard InChI is InChI=1S/C22H21Cl4NO7.C21H19Cl4NO9.C19H16BrCl4NO7.C6H13NO5.C4H8.ClH/c1-5-6-11-19(8(2)20(33-10(4)29)12(34-11)7-32-9(3)28)27-21(30)13-14(22(27)31)16(24)18(26)17(25)15(13)23;1-6-17(26-19(30)11-12(20(26)31)14(23)16(25)15(24)13(11)22)21(34-9(4)29)35-10(5-32-7(2)27)18(6)33-8(3)28;1-5-15(17(20)32-8(4-30-6(2)26)16(5)31-7(3)27)25-18(28)9-10(19(25)29)12(22)14(24)13(23)11(9)21;7-3-5(10)4(9)2(1-8)12-6(3)11;1-3-4-2;/h5,8,11-12,19-20H,1,6-7H2,2-4H3;6,10,17-18,21H,5H2,1-4H3;5,8,15-17H,4H2,1-3H3;2-6,8-11H,1,7H2;3H,1,4H2,2H3;1H/t8-,11+,12?,19?,20-;6-,10?,17?,18-,21?;5-,8?,15?,16-,17?;2?,3?,4-,5+,6?;;/m1110../s1. The number of allylic oxidation sites excluding steroid dienone is 1. The van der Waals surface area contributed by atoms with Crippen molar-refractivity contribution in [1.82, 2.24) is 14.7 Å². The van der Waals surface area contributed by atoms with Gasteiger partial charge in [-0.3, -0.25) is 77.0 Å². The normalized spacial score (nSPS) is 27.9. The van der Waals surface area contributed by atoms with Crippen LogP contribution in [0.15, 0.2) is 25.3 Å². The monoisotopic (exact) mass is 1980 g/mol. The lowest BCUT2D eigenvalue weighted by Crippen LogP contribution is -2.63. The van der Waals surface area contributed by atoms with Crippen LogP contribution in [-0.4, -0.2) is 242 Å². The molecule has 0 aliphatic carbocycles. The summed E-state index contributed by atoms with van der Waals surface area (Å²) in [6.07, 6.45) is -8.12. The van der Waals surface area contributed by atoms with Gasteiger partial charge >= 0.3 is 41.8 Å². The minimum absolute atomic E-state index is 0. The van der Waals surface area contributed by atoms with Crippen LogP contribution in [0.5, 0.6) is 0 Å². The number of carbonyl (C=O) groups excluding carboxylic acids is 13. The summed E-state index contributed by atoms with van der Waals surface area (Å²) in [6.45, 7) is 21.3. The molecule has 7 aliphatic rings. The van der Waals surface area contributed by atoms with Gasteiger partial charge in [-0.05, 0) is 12.8 Å². The Bertz CT molecular complexity index is 4290. The summed E-state index contributed by atoms with van der Waals surface area (Å²) >= 11 is 77.2. The number of hydrogen-bond donors (Lipinski definition) is 5. The molecular weight excluding hydrogens is 1910 g/mol. The van der Waals surface area contributed by atoms with E-state index in [-0.39, 0.29) is 132 Å². The van der Waals surface area contributed by atoms with Crippen LogP contribution >= 0.6 is 168 Å². The molecule has 20 atom stereocenters. The third-order valence-corrected chi connectivity index (χ3v) is 24.8. The first-order chi connectivity index (χ1) is 54.6. The van der Waals surface area contributed by atoms with Crippen molar-refractivity contribution in [3.8, 4) is 0 Å². The van der Waals surface area contributed by atoms with Gasteiger partial charge < -0.3 is 78.3 Å². The van der Waals surface area contributed by atoms with Gasteiger partial charge in [0.05, 0.1) is 124 Å². The average molecular weight is 1990 g/mol. The summed E-state index contributed by atoms with van der Waals surface area (Å²) in [6, 6.07) is -4.19. The number of alkyl halides is 1. The third kappa shape index (κ3) is 22.4. The van der Waals surface area contributed by atoms with E-state index < -0.39 is 204 Å². The largest absolute Gasteiger partial charge is 0.463 e. The number of imide groups is 3. The highest BCUT2D eigenvalue weighted by Crippen LogP contribution is 2.51. The molecule has 0 radical (unpaired) electrons. The fourth-order valence-corrected chi connectivity index (χ4v) is 17.4. The van der Waals surface area contributed by atoms with Gasteiger partial charge in [-0.25, -0.2) is 0 Å². The quantitative estimate of drug-likeness (QED) is 0.0159. The molecule has 3 aromatic rings. The highest BCUT2D eigenvalue weighted by molar-refractivity contribution is 9.09. The van der Waals surface area contributed by atoms with E-state index in [9.17, 15) is 72.5 Å². The number of rotatable bonds is 17. The number of fused-ring (bicyclic) bond motifs is 3. The van der Waals surface area contributed by atoms with Crippen molar-refractivity contribution in [2.45, 2.75) is 192 Å². The number of benzene rings is 3. The number of amides is 6. The van der Waals surface area contributed by atoms with Gasteiger partial charge in [-0.2, -0.15) is 0 Å². The molecule has 652 valence electrons. The summed E-state index contributed by atoms with van der Waals surface area (Å²) in [5, 5.41) is 32.8. The second-order valence-corrected chi connectivity index (χ2v) is 32.0. The molecular formula is C72H78BrCl13N4O28. The van der Waals surface area contributed by atoms with Crippen LogP contribution in [0, 0.1) is 17.8 Å². The summed E-state index contributed by atoms with van der Waals surface area (Å²) < 4.78 is 59.1. The van der Waals surface area contributed by atoms with Gasteiger partial charge in [0.2, 0.25) is 6.29 Å². The van der Waals surface area contributed by atoms with E-state index in [0.717, 1.165) is 35.0 Å². The van der Waals surface area contributed by atoms with Gasteiger partial charge in [0.25, 0.3) is 35.4 Å². The first-order valence-corrected chi connectivity index (χ1v) is 40.2. The Kier molecular flexibility index (Phi) is 38.8. The summed E-state index contributed by atoms with van der Waals surface area (Å²) in [5.41, 5.74) is 4.02. The van der Waals surface area contributed by atoms with Crippen LogP contribution in [0.1, 0.15) is 151 Å². The Morgan fingerprint density at radius 3 is 0.983 bits per heavy atom. The molecule has 7 aliphatic heterocycles. The van der Waals surface area contributed by atoms with Crippen molar-refractivity contribution in [2.24, 2.45) is 23.5 Å². The Morgan fingerprint density at radius 2 is 0.695 bits per heavy atom. The summed E-state index contributed by atoms with van der Waals surface area (Å²) in [5.74, 6) is -11.3. The number of aliphatic hydroxyl groups excluding tert-OH is 4. The molecule has 0 bridgehead atoms. The first-order valence-electron chi connectivity index (χ1n) is 34.8. The van der Waals surface area contributed by atoms with Crippen molar-refractivity contribution >= 4 is 245 Å². The molecule has 46 heteroatoms. The van der Waals surface area contributed by atoms with Crippen LogP contribution in [-0.2, 0) is 85.7 Å². The smallest absolute Gasteiger partial charge is 0.305 e. The number of ether oxygens (including phenoxy) is 11. The molecule has 6 N–H and O–H groups in total. The molecule has 0 aromatic heterocycles. The van der Waals surface area contributed by atoms with E-state index in [0.29, 0.717) is 0 Å². The number of carbonyl (C=O) groups is 13. The molecule has 118 heavy (non-hydrogen) atoms. The second kappa shape index (κ2) is 44.4. The maximum atomic E-state index is 13.5. The topological polar surface area (TPSA) is 440 Å². The van der Waals surface area contributed by atoms with Gasteiger partial charge in [0.15, 0.2) is 6.29 Å². The molecule has 6 amide bonds. The van der Waals surface area contributed by atoms with Crippen LogP contribution in [0.3, 0.4) is 0 Å². The SMILES string of the molecule is C=CCC.C=CC[C@@H]1OC(COC(C)=O)[C@H](OC(C)=O)[C@H](C)C1N1C(=O)c2c(Cl)c(Cl)c(Cl)c(Cl)c2C1=O.CC(=O)OCC1OC(Br)C(N2C(=O)c3c(Cl)c(Cl)c(Cl)c(Cl)c3C2=O)[C@@H](C)[C@H]1OC(C)=O.CC(=O)OCC1OC(OC(C)=O)C(N2C(=O)c3c(Cl)c(Cl)c(Cl)c(Cl)c3C2=O)[C@@H](C)[C@H]1OC(C)=O.Cl.NC1C(O)OC(CO)[C@H](O)[C@@H]1O. The average Bonchev–Trinajstić information content (AvgIpc) is 1.58. The summed E-state index contributed by atoms with van der Waals surface area (Å²) in [7, 11) is 0. The van der Waals surface area contributed by atoms with Crippen molar-refractivity contribution in [3.63, 3.8) is 0 Å². The van der Waals surface area contributed by atoms with E-state index >= 15 is 0 Å². The van der Waals surface area contributed by atoms with E-state index in [1.54, 1.807) is 26.8 Å². The highest BCUT2D eigenvalue weighted by Gasteiger charge is 2.59.